The number of carbonyl (C=O) groups excluding carboxylic acids is 2. The van der Waals surface area contributed by atoms with Gasteiger partial charge >= 0.3 is 6.09 Å². The molecule has 1 N–H and O–H groups in total. The molecular weight excluding hydrogens is 244 g/mol. The number of hydrogen-bond donors (Lipinski definition) is 1. The molecule has 3 aliphatic rings. The predicted octanol–water partition coefficient (Wildman–Crippen LogP) is 1.66. The maximum Gasteiger partial charge on any atom is 0.410 e. The van der Waals surface area contributed by atoms with Crippen LogP contribution in [0.2, 0.25) is 0 Å². The van der Waals surface area contributed by atoms with Crippen LogP contribution in [0.15, 0.2) is 0 Å². The van der Waals surface area contributed by atoms with Crippen LogP contribution in [-0.2, 0) is 9.53 Å². The van der Waals surface area contributed by atoms with Gasteiger partial charge in [-0.1, -0.05) is 0 Å². The Balaban J connectivity index is 1.82. The minimum absolute atomic E-state index is 0.0369. The highest BCUT2D eigenvalue weighted by Gasteiger charge is 2.63. The van der Waals surface area contributed by atoms with E-state index in [1.54, 1.807) is 0 Å². The van der Waals surface area contributed by atoms with E-state index in [0.29, 0.717) is 0 Å². The summed E-state index contributed by atoms with van der Waals surface area (Å²) in [4.78, 5) is 26.3. The average Bonchev–Trinajstić information content (AvgIpc) is 2.91. The molecule has 106 valence electrons. The Morgan fingerprint density at radius 2 is 2.16 bits per heavy atom. The predicted molar refractivity (Wildman–Crippen MR) is 69.6 cm³/mol. The molecule has 19 heavy (non-hydrogen) atoms. The second-order valence-corrected chi connectivity index (χ2v) is 7.00. The lowest BCUT2D eigenvalue weighted by Gasteiger charge is -2.31. The van der Waals surface area contributed by atoms with Gasteiger partial charge in [0.15, 0.2) is 0 Å². The molecule has 0 aromatic carbocycles. The summed E-state index contributed by atoms with van der Waals surface area (Å²) in [6.07, 6.45) is 3.34. The molecule has 2 bridgehead atoms. The molecule has 0 radical (unpaired) electrons. The minimum Gasteiger partial charge on any atom is -0.444 e. The zero-order valence-corrected chi connectivity index (χ0v) is 11.9. The Bertz CT molecular complexity index is 429. The Labute approximate surface area is 113 Å². The molecular formula is C14H22N2O3. The van der Waals surface area contributed by atoms with Gasteiger partial charge in [-0.2, -0.15) is 0 Å². The molecule has 0 saturated carbocycles. The molecule has 1 spiro atoms. The van der Waals surface area contributed by atoms with E-state index in [0.717, 1.165) is 32.2 Å². The summed E-state index contributed by atoms with van der Waals surface area (Å²) in [5.74, 6) is 0.133. The van der Waals surface area contributed by atoms with Crippen molar-refractivity contribution in [3.8, 4) is 0 Å². The Kier molecular flexibility index (Phi) is 2.60. The molecule has 3 atom stereocenters. The van der Waals surface area contributed by atoms with Crippen LogP contribution in [0.3, 0.4) is 0 Å². The lowest BCUT2D eigenvalue weighted by molar-refractivity contribution is -0.129. The van der Waals surface area contributed by atoms with Gasteiger partial charge in [0.25, 0.3) is 0 Å². The topological polar surface area (TPSA) is 58.6 Å². The third kappa shape index (κ3) is 1.82. The fraction of sp³-hybridized carbons (Fsp3) is 0.857. The first-order valence-electron chi connectivity index (χ1n) is 7.13. The van der Waals surface area contributed by atoms with Crippen LogP contribution in [0.5, 0.6) is 0 Å². The van der Waals surface area contributed by atoms with E-state index in [1.807, 2.05) is 25.7 Å². The highest BCUT2D eigenvalue weighted by Crippen LogP contribution is 2.53. The monoisotopic (exact) mass is 266 g/mol. The van der Waals surface area contributed by atoms with Crippen molar-refractivity contribution in [3.63, 3.8) is 0 Å². The van der Waals surface area contributed by atoms with Gasteiger partial charge in [0.1, 0.15) is 5.60 Å². The normalized spacial score (nSPS) is 37.0. The highest BCUT2D eigenvalue weighted by molar-refractivity contribution is 5.87. The summed E-state index contributed by atoms with van der Waals surface area (Å²) in [7, 11) is 0. The molecule has 0 unspecified atom stereocenters. The smallest absolute Gasteiger partial charge is 0.410 e. The standard InChI is InChI=1S/C14H22N2O3/c1-13(2,3)19-12(18)16-9-4-5-10(16)14(8-9)6-7-15-11(14)17/h9-10H,4-8H2,1-3H3,(H,15,17)/t9-,10+,14-/m1/s1. The molecule has 3 fully saturated rings. The van der Waals surface area contributed by atoms with Crippen LogP contribution in [0.4, 0.5) is 4.79 Å². The summed E-state index contributed by atoms with van der Waals surface area (Å²) >= 11 is 0. The van der Waals surface area contributed by atoms with E-state index in [-0.39, 0.29) is 29.5 Å². The summed E-state index contributed by atoms with van der Waals surface area (Å²) in [5, 5.41) is 2.93. The molecule has 2 amide bonds. The SMILES string of the molecule is CC(C)(C)OC(=O)N1[C@@H]2CC[C@H]1[C@@]1(CCNC1=O)C2. The second-order valence-electron chi connectivity index (χ2n) is 7.00. The van der Waals surface area contributed by atoms with E-state index < -0.39 is 5.60 Å². The van der Waals surface area contributed by atoms with Crippen LogP contribution in [-0.4, -0.2) is 41.1 Å². The molecule has 0 aliphatic carbocycles. The van der Waals surface area contributed by atoms with E-state index in [9.17, 15) is 9.59 Å². The van der Waals surface area contributed by atoms with Crippen molar-refractivity contribution in [3.05, 3.63) is 0 Å². The molecule has 5 heteroatoms. The van der Waals surface area contributed by atoms with Crippen molar-refractivity contribution in [1.82, 2.24) is 10.2 Å². The molecule has 0 aromatic heterocycles. The van der Waals surface area contributed by atoms with Gasteiger partial charge in [-0.15, -0.1) is 0 Å². The van der Waals surface area contributed by atoms with E-state index in [4.69, 9.17) is 4.74 Å². The molecule has 3 aliphatic heterocycles. The number of nitrogens with one attached hydrogen (secondary N) is 1. The van der Waals surface area contributed by atoms with Crippen LogP contribution in [0, 0.1) is 5.41 Å². The minimum atomic E-state index is -0.482. The van der Waals surface area contributed by atoms with Crippen molar-refractivity contribution in [2.45, 2.75) is 64.1 Å². The number of fused-ring (bicyclic) bond motifs is 3. The van der Waals surface area contributed by atoms with E-state index in [2.05, 4.69) is 5.32 Å². The first kappa shape index (κ1) is 12.8. The first-order chi connectivity index (χ1) is 8.83. The van der Waals surface area contributed by atoms with Gasteiger partial charge in [0.05, 0.1) is 5.41 Å². The van der Waals surface area contributed by atoms with Crippen LogP contribution >= 0.6 is 0 Å². The van der Waals surface area contributed by atoms with Gasteiger partial charge in [-0.05, 0) is 46.5 Å². The second kappa shape index (κ2) is 3.87. The lowest BCUT2D eigenvalue weighted by atomic mass is 9.73. The number of hydrogen-bond acceptors (Lipinski definition) is 3. The van der Waals surface area contributed by atoms with Gasteiger partial charge in [0, 0.05) is 18.6 Å². The summed E-state index contributed by atoms with van der Waals surface area (Å²) < 4.78 is 5.50. The molecule has 3 heterocycles. The van der Waals surface area contributed by atoms with Gasteiger partial charge in [-0.25, -0.2) is 4.79 Å². The number of rotatable bonds is 0. The Morgan fingerprint density at radius 1 is 1.42 bits per heavy atom. The number of nitrogens with zero attached hydrogens (tertiary/aromatic N) is 1. The maximum absolute atomic E-state index is 12.3. The average molecular weight is 266 g/mol. The number of amides is 2. The van der Waals surface area contributed by atoms with E-state index >= 15 is 0 Å². The zero-order valence-electron chi connectivity index (χ0n) is 11.9. The van der Waals surface area contributed by atoms with E-state index in [1.165, 1.54) is 0 Å². The van der Waals surface area contributed by atoms with Crippen molar-refractivity contribution in [1.29, 1.82) is 0 Å². The van der Waals surface area contributed by atoms with Gasteiger partial charge in [-0.3, -0.25) is 4.79 Å². The lowest BCUT2D eigenvalue weighted by Crippen LogP contribution is -2.45. The quantitative estimate of drug-likeness (QED) is 0.725. The first-order valence-corrected chi connectivity index (χ1v) is 7.13. The van der Waals surface area contributed by atoms with Crippen LogP contribution in [0.25, 0.3) is 0 Å². The zero-order chi connectivity index (χ0) is 13.8. The molecule has 0 aromatic rings. The van der Waals surface area contributed by atoms with Gasteiger partial charge in [0.2, 0.25) is 5.91 Å². The Hall–Kier alpha value is -1.26. The number of carbonyl (C=O) groups is 2. The Morgan fingerprint density at radius 3 is 2.74 bits per heavy atom. The summed E-state index contributed by atoms with van der Waals surface area (Å²) in [6.45, 7) is 6.37. The summed E-state index contributed by atoms with van der Waals surface area (Å²) in [5.41, 5.74) is -0.815. The number of ether oxygens (including phenoxy) is 1. The third-order valence-corrected chi connectivity index (χ3v) is 4.65. The van der Waals surface area contributed by atoms with Crippen molar-refractivity contribution >= 4 is 12.0 Å². The molecule has 5 nitrogen and oxygen atoms in total. The fourth-order valence-corrected chi connectivity index (χ4v) is 3.97. The van der Waals surface area contributed by atoms with Crippen molar-refractivity contribution in [2.24, 2.45) is 5.41 Å². The molecule has 3 saturated heterocycles. The third-order valence-electron chi connectivity index (χ3n) is 4.65. The van der Waals surface area contributed by atoms with Crippen LogP contribution < -0.4 is 5.32 Å². The van der Waals surface area contributed by atoms with Crippen molar-refractivity contribution in [2.75, 3.05) is 6.54 Å². The fourth-order valence-electron chi connectivity index (χ4n) is 3.97. The summed E-state index contributed by atoms with van der Waals surface area (Å²) in [6, 6.07) is 0.221. The van der Waals surface area contributed by atoms with Crippen molar-refractivity contribution < 1.29 is 14.3 Å². The largest absolute Gasteiger partial charge is 0.444 e. The molecule has 3 rings (SSSR count). The van der Waals surface area contributed by atoms with Gasteiger partial charge < -0.3 is 15.0 Å². The maximum atomic E-state index is 12.3. The van der Waals surface area contributed by atoms with Crippen LogP contribution in [0.1, 0.15) is 46.5 Å². The highest BCUT2D eigenvalue weighted by atomic mass is 16.6.